The normalized spacial score (nSPS) is 16.2. The Kier molecular flexibility index (Phi) is 6.62. The van der Waals surface area contributed by atoms with E-state index in [9.17, 15) is 4.79 Å². The van der Waals surface area contributed by atoms with Crippen LogP contribution in [0.25, 0.3) is 16.6 Å². The number of amides is 1. The molecule has 1 atom stereocenters. The topological polar surface area (TPSA) is 72.9 Å². The molecule has 1 amide bonds. The Bertz CT molecular complexity index is 949. The Balaban J connectivity index is 1.91. The highest BCUT2D eigenvalue weighted by atomic mass is 16.6. The van der Waals surface area contributed by atoms with E-state index in [-0.39, 0.29) is 6.17 Å². The van der Waals surface area contributed by atoms with E-state index in [2.05, 4.69) is 16.9 Å². The summed E-state index contributed by atoms with van der Waals surface area (Å²) in [6, 6.07) is 9.83. The van der Waals surface area contributed by atoms with Crippen molar-refractivity contribution >= 4 is 22.7 Å². The molecule has 30 heavy (non-hydrogen) atoms. The van der Waals surface area contributed by atoms with Crippen LogP contribution in [-0.4, -0.2) is 48.1 Å². The number of para-hydroxylation sites is 1. The number of fused-ring (bicyclic) bond motifs is 1. The van der Waals surface area contributed by atoms with E-state index in [1.807, 2.05) is 51.1 Å². The summed E-state index contributed by atoms with van der Waals surface area (Å²) in [4.78, 5) is 19.0. The van der Waals surface area contributed by atoms with Gasteiger partial charge < -0.3 is 19.5 Å². The third kappa shape index (κ3) is 5.10. The second-order valence-electron chi connectivity index (χ2n) is 7.98. The lowest BCUT2D eigenvalue weighted by molar-refractivity contribution is 0.0244. The summed E-state index contributed by atoms with van der Waals surface area (Å²) in [7, 11) is 1.59. The van der Waals surface area contributed by atoms with Gasteiger partial charge in [-0.2, -0.15) is 0 Å². The molecular weight excluding hydrogens is 382 g/mol. The highest BCUT2D eigenvalue weighted by Gasteiger charge is 2.33. The van der Waals surface area contributed by atoms with Gasteiger partial charge in [-0.3, -0.25) is 4.90 Å². The minimum atomic E-state index is -0.597. The first-order valence-corrected chi connectivity index (χ1v) is 9.95. The number of rotatable bonds is 7. The zero-order valence-corrected chi connectivity index (χ0v) is 18.0. The fourth-order valence-corrected chi connectivity index (χ4v) is 3.18. The van der Waals surface area contributed by atoms with Crippen LogP contribution in [0, 0.1) is 0 Å². The second-order valence-corrected chi connectivity index (χ2v) is 7.98. The van der Waals surface area contributed by atoms with Crippen LogP contribution in [0.3, 0.4) is 0 Å². The summed E-state index contributed by atoms with van der Waals surface area (Å²) in [5.74, 6) is 0.486. The molecule has 1 aromatic heterocycles. The summed E-state index contributed by atoms with van der Waals surface area (Å²) in [5.41, 5.74) is 1.76. The first-order chi connectivity index (χ1) is 14.3. The lowest BCUT2D eigenvalue weighted by Gasteiger charge is -2.27. The second kappa shape index (κ2) is 9.17. The van der Waals surface area contributed by atoms with Gasteiger partial charge in [0.25, 0.3) is 0 Å². The highest BCUT2D eigenvalue weighted by Crippen LogP contribution is 2.31. The predicted molar refractivity (Wildman–Crippen MR) is 117 cm³/mol. The molecule has 0 saturated carbocycles. The Morgan fingerprint density at radius 3 is 2.80 bits per heavy atom. The molecule has 1 N–H and O–H groups in total. The summed E-state index contributed by atoms with van der Waals surface area (Å²) in [6.07, 6.45) is 3.29. The quantitative estimate of drug-likeness (QED) is 0.541. The number of carbonyl (C=O) groups is 1. The molecule has 0 saturated heterocycles. The highest BCUT2D eigenvalue weighted by molar-refractivity contribution is 5.86. The average Bonchev–Trinajstić information content (AvgIpc) is 3.13. The maximum Gasteiger partial charge on any atom is 0.416 e. The predicted octanol–water partition coefficient (Wildman–Crippen LogP) is 4.30. The van der Waals surface area contributed by atoms with Crippen molar-refractivity contribution in [3.05, 3.63) is 54.8 Å². The van der Waals surface area contributed by atoms with E-state index in [1.54, 1.807) is 24.3 Å². The molecule has 0 aliphatic carbocycles. The SMILES string of the molecule is C=CCOCCC1NC(c2cc3ccccc3nc2OC)=CN1C(=O)OC(C)(C)C. The smallest absolute Gasteiger partial charge is 0.416 e. The van der Waals surface area contributed by atoms with Crippen LogP contribution in [0.15, 0.2) is 49.2 Å². The van der Waals surface area contributed by atoms with Crippen molar-refractivity contribution in [1.29, 1.82) is 0 Å². The van der Waals surface area contributed by atoms with Gasteiger partial charge in [-0.25, -0.2) is 9.78 Å². The molecule has 2 heterocycles. The molecule has 160 valence electrons. The third-order valence-corrected chi connectivity index (χ3v) is 4.47. The first-order valence-electron chi connectivity index (χ1n) is 9.95. The van der Waals surface area contributed by atoms with Crippen molar-refractivity contribution in [2.24, 2.45) is 0 Å². The summed E-state index contributed by atoms with van der Waals surface area (Å²) in [6.45, 7) is 10.1. The number of nitrogens with one attached hydrogen (secondary N) is 1. The number of aromatic nitrogens is 1. The van der Waals surface area contributed by atoms with Crippen LogP contribution >= 0.6 is 0 Å². The Morgan fingerprint density at radius 2 is 2.10 bits per heavy atom. The molecule has 0 bridgehead atoms. The molecule has 1 aromatic carbocycles. The molecule has 7 nitrogen and oxygen atoms in total. The van der Waals surface area contributed by atoms with Crippen molar-refractivity contribution in [3.63, 3.8) is 0 Å². The van der Waals surface area contributed by atoms with Crippen LogP contribution in [-0.2, 0) is 9.47 Å². The molecule has 3 rings (SSSR count). The molecule has 1 aliphatic rings. The van der Waals surface area contributed by atoms with Crippen molar-refractivity contribution < 1.29 is 19.0 Å². The fourth-order valence-electron chi connectivity index (χ4n) is 3.18. The van der Waals surface area contributed by atoms with Crippen LogP contribution in [0.1, 0.15) is 32.8 Å². The first kappa shape index (κ1) is 21.6. The lowest BCUT2D eigenvalue weighted by atomic mass is 10.1. The lowest BCUT2D eigenvalue weighted by Crippen LogP contribution is -2.43. The molecular formula is C23H29N3O4. The standard InChI is InChI=1S/C23H29N3O4/c1-6-12-29-13-11-20-24-19(15-26(20)22(27)30-23(2,3)4)17-14-16-9-7-8-10-18(16)25-21(17)28-5/h6-10,14-15,20,24H,1,11-13H2,2-5H3. The summed E-state index contributed by atoms with van der Waals surface area (Å²) in [5, 5.41) is 4.38. The minimum Gasteiger partial charge on any atom is -0.480 e. The van der Waals surface area contributed by atoms with Gasteiger partial charge in [-0.15, -0.1) is 6.58 Å². The Labute approximate surface area is 177 Å². The van der Waals surface area contributed by atoms with Gasteiger partial charge in [0.2, 0.25) is 5.88 Å². The third-order valence-electron chi connectivity index (χ3n) is 4.47. The van der Waals surface area contributed by atoms with Crippen LogP contribution in [0.5, 0.6) is 5.88 Å². The van der Waals surface area contributed by atoms with Crippen molar-refractivity contribution in [2.45, 2.75) is 39.0 Å². The molecule has 0 spiro atoms. The van der Waals surface area contributed by atoms with Crippen molar-refractivity contribution in [3.8, 4) is 5.88 Å². The van der Waals surface area contributed by atoms with E-state index < -0.39 is 11.7 Å². The monoisotopic (exact) mass is 411 g/mol. The number of ether oxygens (including phenoxy) is 3. The number of methoxy groups -OCH3 is 1. The zero-order valence-electron chi connectivity index (χ0n) is 18.0. The van der Waals surface area contributed by atoms with Gasteiger partial charge >= 0.3 is 6.09 Å². The molecule has 0 radical (unpaired) electrons. The van der Waals surface area contributed by atoms with Gasteiger partial charge in [0.1, 0.15) is 11.8 Å². The van der Waals surface area contributed by atoms with E-state index in [0.29, 0.717) is 25.5 Å². The molecule has 2 aromatic rings. The fraction of sp³-hybridized carbons (Fsp3) is 0.391. The minimum absolute atomic E-state index is 0.309. The number of benzene rings is 1. The van der Waals surface area contributed by atoms with Crippen LogP contribution in [0.4, 0.5) is 4.79 Å². The Morgan fingerprint density at radius 1 is 1.33 bits per heavy atom. The van der Waals surface area contributed by atoms with E-state index in [1.165, 1.54) is 0 Å². The van der Waals surface area contributed by atoms with E-state index >= 15 is 0 Å². The maximum absolute atomic E-state index is 12.8. The molecule has 7 heteroatoms. The number of hydrogen-bond donors (Lipinski definition) is 1. The van der Waals surface area contributed by atoms with Crippen molar-refractivity contribution in [2.75, 3.05) is 20.3 Å². The van der Waals surface area contributed by atoms with Gasteiger partial charge in [-0.1, -0.05) is 24.3 Å². The zero-order chi connectivity index (χ0) is 21.7. The summed E-state index contributed by atoms with van der Waals surface area (Å²) < 4.78 is 16.6. The van der Waals surface area contributed by atoms with Gasteiger partial charge in [0.15, 0.2) is 0 Å². The van der Waals surface area contributed by atoms with Crippen LogP contribution in [0.2, 0.25) is 0 Å². The Hall–Kier alpha value is -3.06. The largest absolute Gasteiger partial charge is 0.480 e. The summed E-state index contributed by atoms with van der Waals surface area (Å²) >= 11 is 0. The molecule has 1 unspecified atom stereocenters. The molecule has 0 fully saturated rings. The average molecular weight is 412 g/mol. The van der Waals surface area contributed by atoms with Gasteiger partial charge in [0, 0.05) is 18.0 Å². The van der Waals surface area contributed by atoms with Gasteiger partial charge in [0.05, 0.1) is 37.1 Å². The number of nitrogens with zero attached hydrogens (tertiary/aromatic N) is 2. The maximum atomic E-state index is 12.8. The number of carbonyl (C=O) groups excluding carboxylic acids is 1. The van der Waals surface area contributed by atoms with Crippen LogP contribution < -0.4 is 10.1 Å². The van der Waals surface area contributed by atoms with E-state index in [0.717, 1.165) is 22.2 Å². The van der Waals surface area contributed by atoms with Crippen molar-refractivity contribution in [1.82, 2.24) is 15.2 Å². The number of pyridine rings is 1. The van der Waals surface area contributed by atoms with Gasteiger partial charge in [-0.05, 0) is 32.9 Å². The van der Waals surface area contributed by atoms with E-state index in [4.69, 9.17) is 14.2 Å². The molecule has 1 aliphatic heterocycles. The number of hydrogen-bond acceptors (Lipinski definition) is 6.